The Morgan fingerprint density at radius 3 is 2.65 bits per heavy atom. The highest BCUT2D eigenvalue weighted by Gasteiger charge is 2.37. The molecular formula is C15H21FN2O2. The number of esters is 1. The predicted molar refractivity (Wildman–Crippen MR) is 74.2 cm³/mol. The average molecular weight is 280 g/mol. The van der Waals surface area contributed by atoms with Crippen LogP contribution in [0.5, 0.6) is 0 Å². The van der Waals surface area contributed by atoms with Gasteiger partial charge in [0.15, 0.2) is 6.23 Å². The highest BCUT2D eigenvalue weighted by atomic mass is 19.1. The van der Waals surface area contributed by atoms with E-state index in [0.29, 0.717) is 12.0 Å². The number of benzene rings is 1. The second kappa shape index (κ2) is 5.50. The van der Waals surface area contributed by atoms with Gasteiger partial charge in [-0.05, 0) is 26.8 Å². The summed E-state index contributed by atoms with van der Waals surface area (Å²) in [6.45, 7) is 5.37. The van der Waals surface area contributed by atoms with E-state index in [2.05, 4.69) is 5.32 Å². The Morgan fingerprint density at radius 2 is 2.05 bits per heavy atom. The zero-order valence-electron chi connectivity index (χ0n) is 12.0. The van der Waals surface area contributed by atoms with Crippen LogP contribution in [-0.2, 0) is 9.53 Å². The molecule has 110 valence electrons. The van der Waals surface area contributed by atoms with Crippen molar-refractivity contribution >= 4 is 5.97 Å². The predicted octanol–water partition coefficient (Wildman–Crippen LogP) is 2.10. The van der Waals surface area contributed by atoms with Crippen LogP contribution in [0.1, 0.15) is 38.8 Å². The molecule has 1 fully saturated rings. The van der Waals surface area contributed by atoms with Crippen LogP contribution in [0, 0.1) is 11.2 Å². The number of hydrogen-bond donors (Lipinski definition) is 2. The molecule has 1 aliphatic heterocycles. The van der Waals surface area contributed by atoms with Crippen LogP contribution < -0.4 is 11.1 Å². The van der Waals surface area contributed by atoms with E-state index < -0.39 is 11.6 Å². The first-order valence-electron chi connectivity index (χ1n) is 6.76. The Hall–Kier alpha value is -1.46. The van der Waals surface area contributed by atoms with Gasteiger partial charge in [0.05, 0.1) is 11.5 Å². The molecule has 20 heavy (non-hydrogen) atoms. The summed E-state index contributed by atoms with van der Waals surface area (Å²) in [7, 11) is 0. The number of rotatable bonds is 2. The molecule has 1 heterocycles. The Bertz CT molecular complexity index is 499. The van der Waals surface area contributed by atoms with E-state index in [-0.39, 0.29) is 23.9 Å². The maximum atomic E-state index is 13.8. The first kappa shape index (κ1) is 14.9. The summed E-state index contributed by atoms with van der Waals surface area (Å²) in [5.74, 6) is -0.598. The molecule has 3 atom stereocenters. The Morgan fingerprint density at radius 1 is 1.40 bits per heavy atom. The van der Waals surface area contributed by atoms with Gasteiger partial charge in [0.25, 0.3) is 0 Å². The van der Waals surface area contributed by atoms with Gasteiger partial charge in [-0.15, -0.1) is 0 Å². The molecule has 0 bridgehead atoms. The minimum absolute atomic E-state index is 0.287. The molecule has 1 aromatic carbocycles. The number of halogens is 1. The first-order valence-corrected chi connectivity index (χ1v) is 6.76. The van der Waals surface area contributed by atoms with Gasteiger partial charge < -0.3 is 10.5 Å². The summed E-state index contributed by atoms with van der Waals surface area (Å²) < 4.78 is 19.2. The lowest BCUT2D eigenvalue weighted by atomic mass is 9.97. The summed E-state index contributed by atoms with van der Waals surface area (Å²) in [6, 6.07) is 5.87. The standard InChI is InChI=1S/C15H21FN2O2/c1-15(2,3)14(19)20-12-8-11(17)13(18-12)9-6-4-5-7-10(9)16/h4-7,11-13,18H,8,17H2,1-3H3. The van der Waals surface area contributed by atoms with E-state index in [1.807, 2.05) is 0 Å². The molecule has 2 rings (SSSR count). The second-order valence-corrected chi connectivity index (χ2v) is 6.21. The third-order valence-electron chi connectivity index (χ3n) is 3.38. The highest BCUT2D eigenvalue weighted by Crippen LogP contribution is 2.29. The minimum atomic E-state index is -0.568. The third kappa shape index (κ3) is 3.16. The normalized spacial score (nSPS) is 26.6. The SMILES string of the molecule is CC(C)(C)C(=O)OC1CC(N)C(c2ccccc2F)N1. The molecule has 0 amide bonds. The van der Waals surface area contributed by atoms with Gasteiger partial charge in [-0.3, -0.25) is 10.1 Å². The molecule has 0 spiro atoms. The lowest BCUT2D eigenvalue weighted by Gasteiger charge is -2.21. The lowest BCUT2D eigenvalue weighted by Crippen LogP contribution is -2.34. The van der Waals surface area contributed by atoms with Gasteiger partial charge in [0.1, 0.15) is 5.82 Å². The van der Waals surface area contributed by atoms with Crippen molar-refractivity contribution < 1.29 is 13.9 Å². The van der Waals surface area contributed by atoms with Gasteiger partial charge in [-0.1, -0.05) is 18.2 Å². The quantitative estimate of drug-likeness (QED) is 0.814. The third-order valence-corrected chi connectivity index (χ3v) is 3.38. The van der Waals surface area contributed by atoms with Crippen molar-refractivity contribution in [1.29, 1.82) is 0 Å². The van der Waals surface area contributed by atoms with E-state index >= 15 is 0 Å². The summed E-state index contributed by atoms with van der Waals surface area (Å²) in [4.78, 5) is 11.9. The molecule has 1 aromatic rings. The van der Waals surface area contributed by atoms with Crippen LogP contribution in [0.25, 0.3) is 0 Å². The summed E-state index contributed by atoms with van der Waals surface area (Å²) in [5, 5.41) is 3.09. The molecule has 1 saturated heterocycles. The number of hydrogen-bond acceptors (Lipinski definition) is 4. The average Bonchev–Trinajstić information content (AvgIpc) is 2.69. The van der Waals surface area contributed by atoms with Crippen LogP contribution in [0.4, 0.5) is 4.39 Å². The Kier molecular flexibility index (Phi) is 4.11. The van der Waals surface area contributed by atoms with Gasteiger partial charge in [0, 0.05) is 18.0 Å². The largest absolute Gasteiger partial charge is 0.446 e. The lowest BCUT2D eigenvalue weighted by molar-refractivity contribution is -0.159. The maximum Gasteiger partial charge on any atom is 0.312 e. The minimum Gasteiger partial charge on any atom is -0.446 e. The van der Waals surface area contributed by atoms with Crippen LogP contribution >= 0.6 is 0 Å². The van der Waals surface area contributed by atoms with Crippen LogP contribution in [-0.4, -0.2) is 18.2 Å². The number of nitrogens with two attached hydrogens (primary N) is 1. The van der Waals surface area contributed by atoms with E-state index in [4.69, 9.17) is 10.5 Å². The fraction of sp³-hybridized carbons (Fsp3) is 0.533. The fourth-order valence-electron chi connectivity index (χ4n) is 2.21. The van der Waals surface area contributed by atoms with Crippen LogP contribution in [0.3, 0.4) is 0 Å². The van der Waals surface area contributed by atoms with Gasteiger partial charge >= 0.3 is 5.97 Å². The molecule has 5 heteroatoms. The van der Waals surface area contributed by atoms with Crippen molar-refractivity contribution in [2.45, 2.75) is 45.5 Å². The topological polar surface area (TPSA) is 64.3 Å². The molecule has 4 nitrogen and oxygen atoms in total. The number of ether oxygens (including phenoxy) is 1. The summed E-state index contributed by atoms with van der Waals surface area (Å²) >= 11 is 0. The maximum absolute atomic E-state index is 13.8. The molecule has 1 aliphatic rings. The van der Waals surface area contributed by atoms with Crippen molar-refractivity contribution in [3.63, 3.8) is 0 Å². The number of carbonyl (C=O) groups is 1. The van der Waals surface area contributed by atoms with Crippen molar-refractivity contribution in [3.05, 3.63) is 35.6 Å². The van der Waals surface area contributed by atoms with Crippen LogP contribution in [0.15, 0.2) is 24.3 Å². The van der Waals surface area contributed by atoms with Gasteiger partial charge in [-0.25, -0.2) is 4.39 Å². The van der Waals surface area contributed by atoms with Crippen molar-refractivity contribution in [1.82, 2.24) is 5.32 Å². The van der Waals surface area contributed by atoms with Crippen molar-refractivity contribution in [2.75, 3.05) is 0 Å². The number of nitrogens with one attached hydrogen (secondary N) is 1. The van der Waals surface area contributed by atoms with E-state index in [1.54, 1.807) is 39.0 Å². The van der Waals surface area contributed by atoms with E-state index in [9.17, 15) is 9.18 Å². The van der Waals surface area contributed by atoms with Crippen molar-refractivity contribution in [3.8, 4) is 0 Å². The highest BCUT2D eigenvalue weighted by molar-refractivity contribution is 5.75. The molecule has 3 N–H and O–H groups in total. The summed E-state index contributed by atoms with van der Waals surface area (Å²) in [6.07, 6.45) is 0.00205. The Labute approximate surface area is 118 Å². The molecular weight excluding hydrogens is 259 g/mol. The van der Waals surface area contributed by atoms with E-state index in [0.717, 1.165) is 0 Å². The monoisotopic (exact) mass is 280 g/mol. The Balaban J connectivity index is 2.07. The van der Waals surface area contributed by atoms with E-state index in [1.165, 1.54) is 6.07 Å². The smallest absolute Gasteiger partial charge is 0.312 e. The van der Waals surface area contributed by atoms with Crippen molar-refractivity contribution in [2.24, 2.45) is 11.1 Å². The zero-order chi connectivity index (χ0) is 14.9. The molecule has 3 unspecified atom stereocenters. The molecule has 0 radical (unpaired) electrons. The first-order chi connectivity index (χ1) is 9.29. The molecule has 0 aliphatic carbocycles. The van der Waals surface area contributed by atoms with Crippen LogP contribution in [0.2, 0.25) is 0 Å². The number of carbonyl (C=O) groups excluding carboxylic acids is 1. The second-order valence-electron chi connectivity index (χ2n) is 6.21. The van der Waals surface area contributed by atoms with Gasteiger partial charge in [0.2, 0.25) is 0 Å². The van der Waals surface area contributed by atoms with Gasteiger partial charge in [-0.2, -0.15) is 0 Å². The molecule has 0 aromatic heterocycles. The molecule has 0 saturated carbocycles. The summed E-state index contributed by atoms with van der Waals surface area (Å²) in [5.41, 5.74) is 5.98. The fourth-order valence-corrected chi connectivity index (χ4v) is 2.21. The zero-order valence-corrected chi connectivity index (χ0v) is 12.0.